The first-order valence-electron chi connectivity index (χ1n) is 7.52. The second-order valence-electron chi connectivity index (χ2n) is 5.48. The molecule has 2 heterocycles. The van der Waals surface area contributed by atoms with Crippen LogP contribution in [0.2, 0.25) is 0 Å². The van der Waals surface area contributed by atoms with E-state index in [9.17, 15) is 14.7 Å². The number of hydrogen-bond donors (Lipinski definition) is 1. The smallest absolute Gasteiger partial charge is 0.331 e. The summed E-state index contributed by atoms with van der Waals surface area (Å²) in [6.45, 7) is 0.427. The van der Waals surface area contributed by atoms with E-state index in [0.717, 1.165) is 11.3 Å². The number of hydrogen-bond acceptors (Lipinski definition) is 4. The van der Waals surface area contributed by atoms with Crippen LogP contribution >= 0.6 is 0 Å². The van der Waals surface area contributed by atoms with Gasteiger partial charge in [0, 0.05) is 24.9 Å². The Hall–Kier alpha value is -2.76. The van der Waals surface area contributed by atoms with E-state index in [1.165, 1.54) is 11.2 Å². The Labute approximate surface area is 133 Å². The van der Waals surface area contributed by atoms with Crippen molar-refractivity contribution in [2.75, 3.05) is 6.54 Å². The molecule has 0 saturated heterocycles. The minimum atomic E-state index is -0.993. The molecule has 0 spiro atoms. The van der Waals surface area contributed by atoms with Crippen LogP contribution in [0.15, 0.2) is 42.9 Å². The molecular formula is C17H17N3O3. The number of carbonyl (C=O) groups is 2. The van der Waals surface area contributed by atoms with Crippen LogP contribution in [0.3, 0.4) is 0 Å². The zero-order chi connectivity index (χ0) is 16.2. The maximum Gasteiger partial charge on any atom is 0.331 e. The molecule has 6 heteroatoms. The second kappa shape index (κ2) is 6.56. The summed E-state index contributed by atoms with van der Waals surface area (Å²) in [5.74, 6) is -1.15. The molecule has 2 aromatic rings. The molecular weight excluding hydrogens is 294 g/mol. The van der Waals surface area contributed by atoms with E-state index in [0.29, 0.717) is 24.9 Å². The van der Waals surface area contributed by atoms with Crippen molar-refractivity contribution in [3.8, 4) is 0 Å². The van der Waals surface area contributed by atoms with Crippen molar-refractivity contribution < 1.29 is 14.7 Å². The highest BCUT2D eigenvalue weighted by Gasteiger charge is 2.35. The third-order valence-electron chi connectivity index (χ3n) is 4.08. The van der Waals surface area contributed by atoms with Crippen LogP contribution in [0.25, 0.3) is 0 Å². The Balaban J connectivity index is 1.76. The van der Waals surface area contributed by atoms with E-state index in [1.54, 1.807) is 18.3 Å². The number of carbonyl (C=O) groups excluding carboxylic acids is 1. The summed E-state index contributed by atoms with van der Waals surface area (Å²) in [6, 6.07) is 8.27. The molecule has 23 heavy (non-hydrogen) atoms. The molecule has 1 amide bonds. The highest BCUT2D eigenvalue weighted by molar-refractivity contribution is 5.85. The average molecular weight is 311 g/mol. The van der Waals surface area contributed by atoms with Crippen molar-refractivity contribution in [2.24, 2.45) is 0 Å². The van der Waals surface area contributed by atoms with Gasteiger partial charge in [0.25, 0.3) is 0 Å². The van der Waals surface area contributed by atoms with Gasteiger partial charge in [-0.2, -0.15) is 0 Å². The Morgan fingerprint density at radius 2 is 2.09 bits per heavy atom. The van der Waals surface area contributed by atoms with Crippen molar-refractivity contribution >= 4 is 11.9 Å². The summed E-state index contributed by atoms with van der Waals surface area (Å²) in [6.07, 6.45) is 4.47. The number of carboxylic acid groups (broad SMARTS) is 1. The summed E-state index contributed by atoms with van der Waals surface area (Å²) >= 11 is 0. The number of aliphatic carboxylic acids is 1. The maximum atomic E-state index is 12.5. The fourth-order valence-electron chi connectivity index (χ4n) is 2.95. The SMILES string of the molecule is O=C(O)C1c2ccccc2CCN1C(=O)CCc1ccncn1. The number of aryl methyl sites for hydroxylation is 1. The van der Waals surface area contributed by atoms with Gasteiger partial charge in [0.2, 0.25) is 5.91 Å². The molecule has 0 radical (unpaired) electrons. The van der Waals surface area contributed by atoms with Gasteiger partial charge in [-0.25, -0.2) is 14.8 Å². The van der Waals surface area contributed by atoms with Crippen LogP contribution in [0.5, 0.6) is 0 Å². The number of fused-ring (bicyclic) bond motifs is 1. The van der Waals surface area contributed by atoms with Gasteiger partial charge in [-0.15, -0.1) is 0 Å². The molecule has 0 bridgehead atoms. The fourth-order valence-corrected chi connectivity index (χ4v) is 2.95. The molecule has 0 fully saturated rings. The Morgan fingerprint density at radius 1 is 1.26 bits per heavy atom. The highest BCUT2D eigenvalue weighted by Crippen LogP contribution is 2.30. The largest absolute Gasteiger partial charge is 0.479 e. The van der Waals surface area contributed by atoms with Crippen LogP contribution < -0.4 is 0 Å². The van der Waals surface area contributed by atoms with Crippen molar-refractivity contribution in [2.45, 2.75) is 25.3 Å². The number of carboxylic acids is 1. The average Bonchev–Trinajstić information content (AvgIpc) is 2.59. The van der Waals surface area contributed by atoms with E-state index >= 15 is 0 Å². The van der Waals surface area contributed by atoms with Gasteiger partial charge in [-0.1, -0.05) is 24.3 Å². The third-order valence-corrected chi connectivity index (χ3v) is 4.08. The third kappa shape index (κ3) is 3.21. The second-order valence-corrected chi connectivity index (χ2v) is 5.48. The van der Waals surface area contributed by atoms with E-state index < -0.39 is 12.0 Å². The normalized spacial score (nSPS) is 16.7. The first-order valence-corrected chi connectivity index (χ1v) is 7.52. The van der Waals surface area contributed by atoms with Gasteiger partial charge >= 0.3 is 5.97 Å². The number of rotatable bonds is 4. The molecule has 1 aliphatic heterocycles. The van der Waals surface area contributed by atoms with Gasteiger partial charge in [-0.3, -0.25) is 4.79 Å². The lowest BCUT2D eigenvalue weighted by molar-refractivity contribution is -0.151. The van der Waals surface area contributed by atoms with Crippen LogP contribution in [0.4, 0.5) is 0 Å². The molecule has 118 valence electrons. The van der Waals surface area contributed by atoms with Crippen molar-refractivity contribution in [3.05, 3.63) is 59.7 Å². The number of nitrogens with zero attached hydrogens (tertiary/aromatic N) is 3. The van der Waals surface area contributed by atoms with Crippen LogP contribution in [-0.4, -0.2) is 38.4 Å². The topological polar surface area (TPSA) is 83.4 Å². The fraction of sp³-hybridized carbons (Fsp3) is 0.294. The van der Waals surface area contributed by atoms with Gasteiger partial charge in [0.15, 0.2) is 6.04 Å². The quantitative estimate of drug-likeness (QED) is 0.927. The minimum Gasteiger partial charge on any atom is -0.479 e. The van der Waals surface area contributed by atoms with Crippen LogP contribution in [-0.2, 0) is 22.4 Å². The lowest BCUT2D eigenvalue weighted by Crippen LogP contribution is -2.43. The summed E-state index contributed by atoms with van der Waals surface area (Å²) in [5.41, 5.74) is 2.49. The number of benzene rings is 1. The van der Waals surface area contributed by atoms with Gasteiger partial charge in [-0.05, 0) is 30.0 Å². The monoisotopic (exact) mass is 311 g/mol. The summed E-state index contributed by atoms with van der Waals surface area (Å²) in [4.78, 5) is 33.6. The van der Waals surface area contributed by atoms with Gasteiger partial charge < -0.3 is 10.0 Å². The van der Waals surface area contributed by atoms with E-state index in [-0.39, 0.29) is 12.3 Å². The summed E-state index contributed by atoms with van der Waals surface area (Å²) < 4.78 is 0. The molecule has 1 atom stereocenters. The molecule has 0 aliphatic carbocycles. The van der Waals surface area contributed by atoms with Crippen molar-refractivity contribution in [1.29, 1.82) is 0 Å². The van der Waals surface area contributed by atoms with Crippen LogP contribution in [0.1, 0.15) is 29.3 Å². The van der Waals surface area contributed by atoms with E-state index in [2.05, 4.69) is 9.97 Å². The van der Waals surface area contributed by atoms with Gasteiger partial charge in [0.05, 0.1) is 0 Å². The van der Waals surface area contributed by atoms with Gasteiger partial charge in [0.1, 0.15) is 6.33 Å². The maximum absolute atomic E-state index is 12.5. The molecule has 1 aromatic carbocycles. The minimum absolute atomic E-state index is 0.162. The highest BCUT2D eigenvalue weighted by atomic mass is 16.4. The first kappa shape index (κ1) is 15.1. The molecule has 1 unspecified atom stereocenters. The Morgan fingerprint density at radius 3 is 2.83 bits per heavy atom. The molecule has 1 aliphatic rings. The first-order chi connectivity index (χ1) is 11.2. The molecule has 6 nitrogen and oxygen atoms in total. The summed E-state index contributed by atoms with van der Waals surface area (Å²) in [5, 5.41) is 9.58. The lowest BCUT2D eigenvalue weighted by Gasteiger charge is -2.34. The Bertz CT molecular complexity index is 718. The van der Waals surface area contributed by atoms with Crippen molar-refractivity contribution in [3.63, 3.8) is 0 Å². The van der Waals surface area contributed by atoms with E-state index in [1.807, 2.05) is 18.2 Å². The zero-order valence-electron chi connectivity index (χ0n) is 12.6. The van der Waals surface area contributed by atoms with Crippen LogP contribution in [0, 0.1) is 0 Å². The molecule has 0 saturated carbocycles. The molecule has 1 N–H and O–H groups in total. The molecule has 1 aromatic heterocycles. The lowest BCUT2D eigenvalue weighted by atomic mass is 9.92. The standard InChI is InChI=1S/C17H17N3O3/c21-15(6-5-13-7-9-18-11-19-13)20-10-8-12-3-1-2-4-14(12)16(20)17(22)23/h1-4,7,9,11,16H,5-6,8,10H2,(H,22,23). The zero-order valence-corrected chi connectivity index (χ0v) is 12.6. The number of amides is 1. The van der Waals surface area contributed by atoms with Crippen molar-refractivity contribution in [1.82, 2.24) is 14.9 Å². The predicted octanol–water partition coefficient (Wildman–Crippen LogP) is 1.62. The Kier molecular flexibility index (Phi) is 4.32. The predicted molar refractivity (Wildman–Crippen MR) is 82.6 cm³/mol. The molecule has 3 rings (SSSR count). The number of aromatic nitrogens is 2. The summed E-state index contributed by atoms with van der Waals surface area (Å²) in [7, 11) is 0. The van der Waals surface area contributed by atoms with E-state index in [4.69, 9.17) is 0 Å².